The van der Waals surface area contributed by atoms with Crippen LogP contribution >= 0.6 is 0 Å². The second kappa shape index (κ2) is 7.28. The van der Waals surface area contributed by atoms with Crippen molar-refractivity contribution in [3.8, 4) is 0 Å². The van der Waals surface area contributed by atoms with Crippen LogP contribution in [0.25, 0.3) is 10.9 Å². The fourth-order valence-electron chi connectivity index (χ4n) is 2.43. The van der Waals surface area contributed by atoms with Crippen LogP contribution in [0.1, 0.15) is 24.2 Å². The van der Waals surface area contributed by atoms with Gasteiger partial charge in [-0.25, -0.2) is 0 Å². The van der Waals surface area contributed by atoms with E-state index in [9.17, 15) is 9.59 Å². The molecule has 0 saturated heterocycles. The van der Waals surface area contributed by atoms with Crippen molar-refractivity contribution >= 4 is 22.8 Å². The molecule has 2 unspecified atom stereocenters. The first-order valence-corrected chi connectivity index (χ1v) is 7.56. The topological polar surface area (TPSA) is 80.6 Å². The molecule has 1 amide bonds. The fourth-order valence-corrected chi connectivity index (χ4v) is 2.43. The highest BCUT2D eigenvalue weighted by Gasteiger charge is 2.23. The highest BCUT2D eigenvalue weighted by atomic mass is 16.5. The molecule has 0 aliphatic carbocycles. The first kappa shape index (κ1) is 17.0. The zero-order valence-electron chi connectivity index (χ0n) is 13.6. The first-order valence-electron chi connectivity index (χ1n) is 7.56. The van der Waals surface area contributed by atoms with Gasteiger partial charge < -0.3 is 19.7 Å². The monoisotopic (exact) mass is 318 g/mol. The van der Waals surface area contributed by atoms with Gasteiger partial charge in [-0.2, -0.15) is 0 Å². The van der Waals surface area contributed by atoms with Crippen LogP contribution in [0.5, 0.6) is 0 Å². The number of fused-ring (bicyclic) bond motifs is 1. The van der Waals surface area contributed by atoms with Gasteiger partial charge >= 0.3 is 5.97 Å². The van der Waals surface area contributed by atoms with Crippen molar-refractivity contribution in [3.63, 3.8) is 0 Å². The minimum absolute atomic E-state index is 0.266. The predicted molar refractivity (Wildman–Crippen MR) is 87.5 cm³/mol. The van der Waals surface area contributed by atoms with Crippen molar-refractivity contribution < 1.29 is 19.4 Å². The highest BCUT2D eigenvalue weighted by Crippen LogP contribution is 2.21. The summed E-state index contributed by atoms with van der Waals surface area (Å²) < 4.78 is 7.07. The average Bonchev–Trinajstić information content (AvgIpc) is 2.91. The SMILES string of the molecule is COCCn1cc(C(=O)NC(C)C(C)C(=O)O)c2ccccc21. The Balaban J connectivity index is 2.28. The summed E-state index contributed by atoms with van der Waals surface area (Å²) in [5, 5.41) is 12.7. The Hall–Kier alpha value is -2.34. The van der Waals surface area contributed by atoms with Gasteiger partial charge in [0.15, 0.2) is 0 Å². The molecule has 2 N–H and O–H groups in total. The number of carboxylic acids is 1. The van der Waals surface area contributed by atoms with Gasteiger partial charge in [0.05, 0.1) is 18.1 Å². The Morgan fingerprint density at radius 2 is 2.00 bits per heavy atom. The van der Waals surface area contributed by atoms with E-state index in [1.165, 1.54) is 0 Å². The number of methoxy groups -OCH3 is 1. The molecule has 0 spiro atoms. The lowest BCUT2D eigenvalue weighted by Crippen LogP contribution is -2.40. The van der Waals surface area contributed by atoms with Crippen LogP contribution in [-0.4, -0.2) is 41.3 Å². The number of benzene rings is 1. The molecule has 2 atom stereocenters. The standard InChI is InChI=1S/C17H22N2O4/c1-11(17(21)22)12(2)18-16(20)14-10-19(8-9-23-3)15-7-5-4-6-13(14)15/h4-7,10-12H,8-9H2,1-3H3,(H,18,20)(H,21,22). The Labute approximate surface area is 135 Å². The van der Waals surface area contributed by atoms with Crippen molar-refractivity contribution in [2.24, 2.45) is 5.92 Å². The molecule has 0 saturated carbocycles. The van der Waals surface area contributed by atoms with Crippen LogP contribution in [0.4, 0.5) is 0 Å². The third-order valence-corrected chi connectivity index (χ3v) is 4.07. The third-order valence-electron chi connectivity index (χ3n) is 4.07. The van der Waals surface area contributed by atoms with Crippen LogP contribution in [0, 0.1) is 5.92 Å². The van der Waals surface area contributed by atoms with Crippen molar-refractivity contribution in [1.82, 2.24) is 9.88 Å². The summed E-state index contributed by atoms with van der Waals surface area (Å²) in [4.78, 5) is 23.6. The number of ether oxygens (including phenoxy) is 1. The molecular formula is C17H22N2O4. The summed E-state index contributed by atoms with van der Waals surface area (Å²) in [7, 11) is 1.63. The molecule has 0 aliphatic heterocycles. The van der Waals surface area contributed by atoms with Gasteiger partial charge in [0, 0.05) is 36.8 Å². The quantitative estimate of drug-likeness (QED) is 0.819. The molecule has 0 fully saturated rings. The van der Waals surface area contributed by atoms with E-state index >= 15 is 0 Å². The van der Waals surface area contributed by atoms with Crippen LogP contribution in [0.2, 0.25) is 0 Å². The van der Waals surface area contributed by atoms with Crippen molar-refractivity contribution in [1.29, 1.82) is 0 Å². The number of amides is 1. The Morgan fingerprint density at radius 3 is 2.65 bits per heavy atom. The molecule has 1 aromatic heterocycles. The van der Waals surface area contributed by atoms with Gasteiger partial charge in [-0.05, 0) is 19.9 Å². The summed E-state index contributed by atoms with van der Waals surface area (Å²) in [6.07, 6.45) is 1.79. The number of carbonyl (C=O) groups excluding carboxylic acids is 1. The summed E-state index contributed by atoms with van der Waals surface area (Å²) in [5.74, 6) is -1.85. The van der Waals surface area contributed by atoms with E-state index < -0.39 is 17.9 Å². The maximum Gasteiger partial charge on any atom is 0.308 e. The molecule has 124 valence electrons. The summed E-state index contributed by atoms with van der Waals surface area (Å²) in [6.45, 7) is 4.47. The highest BCUT2D eigenvalue weighted by molar-refractivity contribution is 6.07. The molecule has 1 aromatic carbocycles. The maximum absolute atomic E-state index is 12.5. The van der Waals surface area contributed by atoms with Gasteiger partial charge in [0.25, 0.3) is 5.91 Å². The number of nitrogens with zero attached hydrogens (tertiary/aromatic N) is 1. The second-order valence-electron chi connectivity index (χ2n) is 5.64. The number of aliphatic carboxylic acids is 1. The lowest BCUT2D eigenvalue weighted by Gasteiger charge is -2.17. The van der Waals surface area contributed by atoms with Gasteiger partial charge in [-0.3, -0.25) is 9.59 Å². The van der Waals surface area contributed by atoms with Crippen molar-refractivity contribution in [2.75, 3.05) is 13.7 Å². The molecule has 0 bridgehead atoms. The molecule has 2 rings (SSSR count). The van der Waals surface area contributed by atoms with Crippen LogP contribution < -0.4 is 5.32 Å². The van der Waals surface area contributed by atoms with Crippen LogP contribution in [-0.2, 0) is 16.1 Å². The summed E-state index contributed by atoms with van der Waals surface area (Å²) >= 11 is 0. The number of carbonyl (C=O) groups is 2. The van der Waals surface area contributed by atoms with E-state index in [4.69, 9.17) is 9.84 Å². The minimum Gasteiger partial charge on any atom is -0.481 e. The number of hydrogen-bond donors (Lipinski definition) is 2. The van der Waals surface area contributed by atoms with E-state index in [2.05, 4.69) is 5.32 Å². The molecule has 0 radical (unpaired) electrons. The smallest absolute Gasteiger partial charge is 0.308 e. The lowest BCUT2D eigenvalue weighted by atomic mass is 10.0. The summed E-state index contributed by atoms with van der Waals surface area (Å²) in [6, 6.07) is 7.18. The fraction of sp³-hybridized carbons (Fsp3) is 0.412. The lowest BCUT2D eigenvalue weighted by molar-refractivity contribution is -0.141. The van der Waals surface area contributed by atoms with E-state index in [-0.39, 0.29) is 5.91 Å². The molecule has 23 heavy (non-hydrogen) atoms. The van der Waals surface area contributed by atoms with Gasteiger partial charge in [-0.15, -0.1) is 0 Å². The van der Waals surface area contributed by atoms with Crippen molar-refractivity contribution in [2.45, 2.75) is 26.4 Å². The van der Waals surface area contributed by atoms with E-state index in [0.717, 1.165) is 10.9 Å². The Kier molecular flexibility index (Phi) is 5.39. The number of hydrogen-bond acceptors (Lipinski definition) is 3. The number of para-hydroxylation sites is 1. The summed E-state index contributed by atoms with van der Waals surface area (Å²) in [5.41, 5.74) is 1.50. The number of nitrogens with one attached hydrogen (secondary N) is 1. The van der Waals surface area contributed by atoms with Crippen molar-refractivity contribution in [3.05, 3.63) is 36.0 Å². The van der Waals surface area contributed by atoms with Gasteiger partial charge in [0.2, 0.25) is 0 Å². The number of rotatable bonds is 7. The Morgan fingerprint density at radius 1 is 1.30 bits per heavy atom. The largest absolute Gasteiger partial charge is 0.481 e. The zero-order chi connectivity index (χ0) is 17.0. The maximum atomic E-state index is 12.5. The predicted octanol–water partition coefficient (Wildman–Crippen LogP) is 2.13. The molecule has 6 nitrogen and oxygen atoms in total. The molecule has 1 heterocycles. The second-order valence-corrected chi connectivity index (χ2v) is 5.64. The third kappa shape index (κ3) is 3.71. The molecule has 2 aromatic rings. The first-order chi connectivity index (χ1) is 11.0. The zero-order valence-corrected chi connectivity index (χ0v) is 13.6. The average molecular weight is 318 g/mol. The van der Waals surface area contributed by atoms with Gasteiger partial charge in [0.1, 0.15) is 0 Å². The molecule has 6 heteroatoms. The Bertz CT molecular complexity index is 708. The number of aromatic nitrogens is 1. The van der Waals surface area contributed by atoms with Crippen LogP contribution in [0.3, 0.4) is 0 Å². The van der Waals surface area contributed by atoms with Gasteiger partial charge in [-0.1, -0.05) is 18.2 Å². The van der Waals surface area contributed by atoms with Crippen LogP contribution in [0.15, 0.2) is 30.5 Å². The van der Waals surface area contributed by atoms with E-state index in [0.29, 0.717) is 18.7 Å². The normalized spacial score (nSPS) is 13.7. The molecular weight excluding hydrogens is 296 g/mol. The van der Waals surface area contributed by atoms with E-state index in [1.54, 1.807) is 27.2 Å². The minimum atomic E-state index is -0.930. The van der Waals surface area contributed by atoms with E-state index in [1.807, 2.05) is 28.8 Å². The molecule has 0 aliphatic rings. The number of carboxylic acid groups (broad SMARTS) is 1.